The Labute approximate surface area is 68.5 Å². The normalized spacial score (nSPS) is 8.82. The smallest absolute Gasteiger partial charge is 0.168 e. The third kappa shape index (κ3) is 3.73. The molecule has 62 valence electrons. The van der Waals surface area contributed by atoms with Gasteiger partial charge < -0.3 is 6.15 Å². The minimum Gasteiger partial charge on any atom is -0.344 e. The van der Waals surface area contributed by atoms with Crippen molar-refractivity contribution in [3.63, 3.8) is 0 Å². The van der Waals surface area contributed by atoms with Gasteiger partial charge in [0.25, 0.3) is 0 Å². The van der Waals surface area contributed by atoms with Crippen LogP contribution >= 0.6 is 0 Å². The first-order chi connectivity index (χ1) is 4.93. The largest absolute Gasteiger partial charge is 0.344 e. The Morgan fingerprint density at radius 1 is 1.09 bits per heavy atom. The second kappa shape index (κ2) is 5.86. The summed E-state index contributed by atoms with van der Waals surface area (Å²) in [6.07, 6.45) is 6.75. The molecule has 1 rings (SSSR count). The average molecular weight is 153 g/mol. The maximum atomic E-state index is 2.21. The highest BCUT2D eigenvalue weighted by atomic mass is 14.9. The summed E-state index contributed by atoms with van der Waals surface area (Å²) in [6.45, 7) is 3.36. The van der Waals surface area contributed by atoms with Gasteiger partial charge in [-0.25, -0.2) is 4.57 Å². The third-order valence-corrected chi connectivity index (χ3v) is 1.55. The molecule has 0 radical (unpaired) electrons. The lowest BCUT2D eigenvalue weighted by Crippen LogP contribution is -2.31. The molecule has 1 aromatic heterocycles. The van der Waals surface area contributed by atoms with E-state index in [-0.39, 0.29) is 6.15 Å². The van der Waals surface area contributed by atoms with Gasteiger partial charge in [-0.2, -0.15) is 0 Å². The topological polar surface area (TPSA) is 38.9 Å². The van der Waals surface area contributed by atoms with E-state index in [4.69, 9.17) is 0 Å². The van der Waals surface area contributed by atoms with E-state index in [1.165, 1.54) is 12.8 Å². The fourth-order valence-electron chi connectivity index (χ4n) is 0.924. The SMILES string of the molecule is CCCC[n+]1ccccc1.N. The molecule has 0 aliphatic carbocycles. The molecule has 0 unspecified atom stereocenters. The monoisotopic (exact) mass is 153 g/mol. The Hall–Kier alpha value is -0.890. The van der Waals surface area contributed by atoms with Crippen LogP contribution in [-0.2, 0) is 6.54 Å². The van der Waals surface area contributed by atoms with Gasteiger partial charge in [0.15, 0.2) is 12.4 Å². The number of nitrogens with zero attached hydrogens (tertiary/aromatic N) is 1. The van der Waals surface area contributed by atoms with Crippen molar-refractivity contribution in [2.75, 3.05) is 0 Å². The summed E-state index contributed by atoms with van der Waals surface area (Å²) < 4.78 is 2.21. The van der Waals surface area contributed by atoms with Crippen molar-refractivity contribution in [2.24, 2.45) is 0 Å². The maximum Gasteiger partial charge on any atom is 0.168 e. The highest BCUT2D eigenvalue weighted by Gasteiger charge is 1.93. The molecule has 0 aliphatic rings. The van der Waals surface area contributed by atoms with E-state index in [9.17, 15) is 0 Å². The summed E-state index contributed by atoms with van der Waals surface area (Å²) in [5.74, 6) is 0. The molecule has 2 heteroatoms. The zero-order valence-electron chi connectivity index (χ0n) is 7.16. The van der Waals surface area contributed by atoms with Crippen LogP contribution < -0.4 is 10.7 Å². The first-order valence-electron chi connectivity index (χ1n) is 3.87. The fraction of sp³-hybridized carbons (Fsp3) is 0.444. The Kier molecular flexibility index (Phi) is 5.39. The van der Waals surface area contributed by atoms with Gasteiger partial charge in [-0.15, -0.1) is 0 Å². The van der Waals surface area contributed by atoms with Crippen LogP contribution in [0.2, 0.25) is 0 Å². The highest BCUT2D eigenvalue weighted by molar-refractivity contribution is 4.83. The van der Waals surface area contributed by atoms with Gasteiger partial charge in [0, 0.05) is 18.6 Å². The zero-order valence-corrected chi connectivity index (χ0v) is 7.16. The molecule has 0 amide bonds. The van der Waals surface area contributed by atoms with E-state index in [1.54, 1.807) is 0 Å². The first-order valence-corrected chi connectivity index (χ1v) is 3.87. The van der Waals surface area contributed by atoms with Crippen molar-refractivity contribution < 1.29 is 4.57 Å². The summed E-state index contributed by atoms with van der Waals surface area (Å²) in [4.78, 5) is 0. The molecule has 0 saturated heterocycles. The van der Waals surface area contributed by atoms with E-state index in [1.807, 2.05) is 6.07 Å². The van der Waals surface area contributed by atoms with Crippen molar-refractivity contribution in [3.8, 4) is 0 Å². The van der Waals surface area contributed by atoms with Crippen molar-refractivity contribution in [1.29, 1.82) is 0 Å². The summed E-state index contributed by atoms with van der Waals surface area (Å²) in [6, 6.07) is 6.17. The van der Waals surface area contributed by atoms with Crippen LogP contribution in [0.4, 0.5) is 0 Å². The number of aromatic nitrogens is 1. The Morgan fingerprint density at radius 3 is 2.27 bits per heavy atom. The molecule has 11 heavy (non-hydrogen) atoms. The number of aryl methyl sites for hydroxylation is 1. The van der Waals surface area contributed by atoms with Crippen LogP contribution in [0.3, 0.4) is 0 Å². The van der Waals surface area contributed by atoms with Gasteiger partial charge in [0.1, 0.15) is 6.54 Å². The van der Waals surface area contributed by atoms with Gasteiger partial charge in [-0.3, -0.25) is 0 Å². The van der Waals surface area contributed by atoms with Gasteiger partial charge >= 0.3 is 0 Å². The molecule has 0 fully saturated rings. The molecule has 0 bridgehead atoms. The van der Waals surface area contributed by atoms with Crippen LogP contribution in [0.5, 0.6) is 0 Å². The number of hydrogen-bond acceptors (Lipinski definition) is 1. The van der Waals surface area contributed by atoms with E-state index in [2.05, 4.69) is 36.0 Å². The van der Waals surface area contributed by atoms with E-state index < -0.39 is 0 Å². The predicted octanol–water partition coefficient (Wildman–Crippen LogP) is 1.94. The zero-order chi connectivity index (χ0) is 7.23. The number of rotatable bonds is 3. The van der Waals surface area contributed by atoms with Gasteiger partial charge in [-0.1, -0.05) is 19.4 Å². The summed E-state index contributed by atoms with van der Waals surface area (Å²) in [5.41, 5.74) is 0. The van der Waals surface area contributed by atoms with Crippen molar-refractivity contribution in [1.82, 2.24) is 6.15 Å². The lowest BCUT2D eigenvalue weighted by Gasteiger charge is -1.91. The molecule has 0 spiro atoms. The quantitative estimate of drug-likeness (QED) is 0.662. The first kappa shape index (κ1) is 10.1. The predicted molar refractivity (Wildman–Crippen MR) is 46.6 cm³/mol. The fourth-order valence-corrected chi connectivity index (χ4v) is 0.924. The Morgan fingerprint density at radius 2 is 1.73 bits per heavy atom. The minimum atomic E-state index is 0. The number of pyridine rings is 1. The van der Waals surface area contributed by atoms with E-state index in [0.29, 0.717) is 0 Å². The van der Waals surface area contributed by atoms with E-state index in [0.717, 1.165) is 6.54 Å². The van der Waals surface area contributed by atoms with Crippen molar-refractivity contribution in [3.05, 3.63) is 30.6 Å². The van der Waals surface area contributed by atoms with Crippen LogP contribution in [-0.4, -0.2) is 0 Å². The molecular weight excluding hydrogens is 136 g/mol. The standard InChI is InChI=1S/C9H14N.H3N/c1-2-3-7-10-8-5-4-6-9-10;/h4-6,8-9H,2-3,7H2,1H3;1H3/q+1;. The molecule has 1 aromatic rings. The Balaban J connectivity index is 0.000001000. The van der Waals surface area contributed by atoms with Crippen LogP contribution in [0.15, 0.2) is 30.6 Å². The lowest BCUT2D eigenvalue weighted by atomic mass is 10.3. The molecule has 2 nitrogen and oxygen atoms in total. The van der Waals surface area contributed by atoms with Crippen LogP contribution in [0.1, 0.15) is 19.8 Å². The molecule has 0 aromatic carbocycles. The summed E-state index contributed by atoms with van der Waals surface area (Å²) in [5, 5.41) is 0. The molecule has 0 atom stereocenters. The van der Waals surface area contributed by atoms with Crippen molar-refractivity contribution in [2.45, 2.75) is 26.3 Å². The van der Waals surface area contributed by atoms with Gasteiger partial charge in [0.2, 0.25) is 0 Å². The maximum absolute atomic E-state index is 2.21. The molecule has 0 aliphatic heterocycles. The molecule has 1 heterocycles. The van der Waals surface area contributed by atoms with Gasteiger partial charge in [0.05, 0.1) is 0 Å². The second-order valence-corrected chi connectivity index (χ2v) is 2.47. The minimum absolute atomic E-state index is 0. The summed E-state index contributed by atoms with van der Waals surface area (Å²) >= 11 is 0. The number of unbranched alkanes of at least 4 members (excludes halogenated alkanes) is 1. The number of hydrogen-bond donors (Lipinski definition) is 1. The second-order valence-electron chi connectivity index (χ2n) is 2.47. The molecular formula is C9H17N2+. The van der Waals surface area contributed by atoms with Gasteiger partial charge in [-0.05, 0) is 0 Å². The lowest BCUT2D eigenvalue weighted by molar-refractivity contribution is -0.697. The molecule has 3 N–H and O–H groups in total. The third-order valence-electron chi connectivity index (χ3n) is 1.55. The summed E-state index contributed by atoms with van der Waals surface area (Å²) in [7, 11) is 0. The molecule has 0 saturated carbocycles. The van der Waals surface area contributed by atoms with Crippen molar-refractivity contribution >= 4 is 0 Å². The van der Waals surface area contributed by atoms with E-state index >= 15 is 0 Å². The highest BCUT2D eigenvalue weighted by Crippen LogP contribution is 1.85. The Bertz CT molecular complexity index is 172. The van der Waals surface area contributed by atoms with Crippen LogP contribution in [0, 0.1) is 0 Å². The van der Waals surface area contributed by atoms with Crippen LogP contribution in [0.25, 0.3) is 0 Å². The average Bonchev–Trinajstić information content (AvgIpc) is 2.03.